The van der Waals surface area contributed by atoms with E-state index in [0.29, 0.717) is 13.0 Å². The summed E-state index contributed by atoms with van der Waals surface area (Å²) in [7, 11) is 1.75. The Balaban J connectivity index is 4.73. The normalized spacial score (nSPS) is 15.9. The molecule has 0 fully saturated rings. The maximum atomic E-state index is 11.3. The van der Waals surface area contributed by atoms with E-state index in [1.54, 1.807) is 50.1 Å². The predicted octanol–water partition coefficient (Wildman–Crippen LogP) is 1.83. The number of hydrogen-bond donors (Lipinski definition) is 2. The highest BCUT2D eigenvalue weighted by Gasteiger charge is 2.23. The number of carboxylic acid groups (broad SMARTS) is 1. The van der Waals surface area contributed by atoms with Crippen molar-refractivity contribution in [1.29, 1.82) is 0 Å². The van der Waals surface area contributed by atoms with E-state index in [0.717, 1.165) is 5.57 Å². The second kappa shape index (κ2) is 8.66. The zero-order valence-corrected chi connectivity index (χ0v) is 11.3. The van der Waals surface area contributed by atoms with Crippen LogP contribution in [0.5, 0.6) is 0 Å². The number of nitrogens with zero attached hydrogens (tertiary/aromatic N) is 1. The first-order valence-corrected chi connectivity index (χ1v) is 5.97. The van der Waals surface area contributed by atoms with Crippen LogP contribution in [-0.4, -0.2) is 46.8 Å². The molecule has 0 radical (unpaired) electrons. The zero-order chi connectivity index (χ0) is 14.1. The predicted molar refractivity (Wildman–Crippen MR) is 73.4 cm³/mol. The standard InChI is InChI=1S/C14H23NO3/c1-5-6-7-8-11(2)13(14(17)18)15(4)10-9-12(3)16/h5-8,12-13,16H,1,9-10H2,2-4H3,(H,17,18)/b7-6-,11-8+. The van der Waals surface area contributed by atoms with E-state index in [1.165, 1.54) is 0 Å². The lowest BCUT2D eigenvalue weighted by Crippen LogP contribution is -2.40. The molecule has 0 spiro atoms. The number of likely N-dealkylation sites (N-methyl/N-ethyl adjacent to an activating group) is 1. The minimum absolute atomic E-state index is 0.424. The summed E-state index contributed by atoms with van der Waals surface area (Å²) >= 11 is 0. The molecule has 0 aromatic heterocycles. The Bertz CT molecular complexity index is 332. The Morgan fingerprint density at radius 2 is 2.06 bits per heavy atom. The van der Waals surface area contributed by atoms with Crippen LogP contribution in [0.2, 0.25) is 0 Å². The van der Waals surface area contributed by atoms with E-state index in [9.17, 15) is 15.0 Å². The van der Waals surface area contributed by atoms with Crippen LogP contribution in [0.3, 0.4) is 0 Å². The SMILES string of the molecule is C=C/C=C\C=C(/C)C(C(=O)O)N(C)CCC(C)O. The van der Waals surface area contributed by atoms with Crippen LogP contribution in [0.25, 0.3) is 0 Å². The molecule has 102 valence electrons. The average molecular weight is 253 g/mol. The molecule has 0 aliphatic rings. The first kappa shape index (κ1) is 16.6. The molecule has 0 aliphatic carbocycles. The van der Waals surface area contributed by atoms with E-state index in [4.69, 9.17) is 0 Å². The van der Waals surface area contributed by atoms with Crippen LogP contribution in [0.4, 0.5) is 0 Å². The van der Waals surface area contributed by atoms with Crippen molar-refractivity contribution in [1.82, 2.24) is 4.90 Å². The van der Waals surface area contributed by atoms with Gasteiger partial charge in [-0.05, 0) is 32.9 Å². The third kappa shape index (κ3) is 6.37. The fourth-order valence-electron chi connectivity index (χ4n) is 1.63. The van der Waals surface area contributed by atoms with Crippen molar-refractivity contribution >= 4 is 5.97 Å². The van der Waals surface area contributed by atoms with Gasteiger partial charge in [-0.25, -0.2) is 0 Å². The number of allylic oxidation sites excluding steroid dienone is 4. The van der Waals surface area contributed by atoms with Gasteiger partial charge in [0.05, 0.1) is 6.10 Å². The molecular weight excluding hydrogens is 230 g/mol. The molecule has 0 aromatic rings. The minimum Gasteiger partial charge on any atom is -0.480 e. The summed E-state index contributed by atoms with van der Waals surface area (Å²) in [5.41, 5.74) is 0.744. The van der Waals surface area contributed by atoms with Crippen LogP contribution in [-0.2, 0) is 4.79 Å². The average Bonchev–Trinajstić information content (AvgIpc) is 2.26. The van der Waals surface area contributed by atoms with Crippen molar-refractivity contribution < 1.29 is 15.0 Å². The molecule has 0 rings (SSSR count). The third-order valence-corrected chi connectivity index (χ3v) is 2.61. The largest absolute Gasteiger partial charge is 0.480 e. The van der Waals surface area contributed by atoms with Gasteiger partial charge in [0, 0.05) is 6.54 Å². The summed E-state index contributed by atoms with van der Waals surface area (Å²) < 4.78 is 0. The van der Waals surface area contributed by atoms with Gasteiger partial charge in [0.2, 0.25) is 0 Å². The fraction of sp³-hybridized carbons (Fsp3) is 0.500. The maximum absolute atomic E-state index is 11.3. The highest BCUT2D eigenvalue weighted by atomic mass is 16.4. The number of rotatable bonds is 8. The number of aliphatic hydroxyl groups excluding tert-OH is 1. The Morgan fingerprint density at radius 3 is 2.50 bits per heavy atom. The van der Waals surface area contributed by atoms with Gasteiger partial charge < -0.3 is 10.2 Å². The molecule has 0 aliphatic heterocycles. The lowest BCUT2D eigenvalue weighted by molar-refractivity contribution is -0.141. The van der Waals surface area contributed by atoms with Crippen molar-refractivity contribution in [3.8, 4) is 0 Å². The molecule has 0 heterocycles. The van der Waals surface area contributed by atoms with Gasteiger partial charge in [0.15, 0.2) is 0 Å². The van der Waals surface area contributed by atoms with Gasteiger partial charge in [-0.1, -0.05) is 30.9 Å². The van der Waals surface area contributed by atoms with Gasteiger partial charge in [0.25, 0.3) is 0 Å². The van der Waals surface area contributed by atoms with E-state index >= 15 is 0 Å². The monoisotopic (exact) mass is 253 g/mol. The summed E-state index contributed by atoms with van der Waals surface area (Å²) in [6.45, 7) is 7.56. The molecule has 4 heteroatoms. The highest BCUT2D eigenvalue weighted by Crippen LogP contribution is 2.10. The third-order valence-electron chi connectivity index (χ3n) is 2.61. The number of hydrogen-bond acceptors (Lipinski definition) is 3. The van der Waals surface area contributed by atoms with Crippen LogP contribution in [0.15, 0.2) is 36.5 Å². The van der Waals surface area contributed by atoms with Crippen molar-refractivity contribution in [2.75, 3.05) is 13.6 Å². The number of carbonyl (C=O) groups is 1. The van der Waals surface area contributed by atoms with E-state index in [2.05, 4.69) is 6.58 Å². The van der Waals surface area contributed by atoms with E-state index < -0.39 is 18.1 Å². The van der Waals surface area contributed by atoms with Crippen LogP contribution >= 0.6 is 0 Å². The summed E-state index contributed by atoms with van der Waals surface area (Å²) in [5, 5.41) is 18.5. The molecule has 18 heavy (non-hydrogen) atoms. The number of carboxylic acids is 1. The van der Waals surface area contributed by atoms with Gasteiger partial charge in [-0.2, -0.15) is 0 Å². The molecule has 0 saturated heterocycles. The Labute approximate surface area is 109 Å². The van der Waals surface area contributed by atoms with Gasteiger partial charge in [0.1, 0.15) is 6.04 Å². The summed E-state index contributed by atoms with van der Waals surface area (Å²) in [4.78, 5) is 13.0. The first-order valence-electron chi connectivity index (χ1n) is 5.97. The Hall–Kier alpha value is -1.39. The van der Waals surface area contributed by atoms with E-state index in [1.807, 2.05) is 0 Å². The molecule has 0 amide bonds. The molecule has 2 unspecified atom stereocenters. The van der Waals surface area contributed by atoms with Gasteiger partial charge in [-0.3, -0.25) is 9.69 Å². The lowest BCUT2D eigenvalue weighted by atomic mass is 10.1. The summed E-state index contributed by atoms with van der Waals surface area (Å²) in [5.74, 6) is -0.885. The molecule has 2 atom stereocenters. The summed E-state index contributed by atoms with van der Waals surface area (Å²) in [6, 6.07) is -0.668. The number of aliphatic hydroxyl groups is 1. The van der Waals surface area contributed by atoms with Crippen LogP contribution < -0.4 is 0 Å². The van der Waals surface area contributed by atoms with Crippen molar-refractivity contribution in [3.05, 3.63) is 36.5 Å². The second-order valence-corrected chi connectivity index (χ2v) is 4.39. The maximum Gasteiger partial charge on any atom is 0.325 e. The van der Waals surface area contributed by atoms with Crippen LogP contribution in [0, 0.1) is 0 Å². The minimum atomic E-state index is -0.885. The molecule has 4 nitrogen and oxygen atoms in total. The fourth-order valence-corrected chi connectivity index (χ4v) is 1.63. The Kier molecular flexibility index (Phi) is 8.00. The van der Waals surface area contributed by atoms with E-state index in [-0.39, 0.29) is 0 Å². The van der Waals surface area contributed by atoms with Crippen LogP contribution in [0.1, 0.15) is 20.3 Å². The number of aliphatic carboxylic acids is 1. The molecular formula is C14H23NO3. The molecule has 0 saturated carbocycles. The molecule has 0 bridgehead atoms. The van der Waals surface area contributed by atoms with Crippen molar-refractivity contribution in [3.63, 3.8) is 0 Å². The van der Waals surface area contributed by atoms with Crippen molar-refractivity contribution in [2.24, 2.45) is 0 Å². The van der Waals surface area contributed by atoms with Gasteiger partial charge >= 0.3 is 5.97 Å². The topological polar surface area (TPSA) is 60.8 Å². The van der Waals surface area contributed by atoms with Gasteiger partial charge in [-0.15, -0.1) is 0 Å². The molecule has 2 N–H and O–H groups in total. The molecule has 0 aromatic carbocycles. The zero-order valence-electron chi connectivity index (χ0n) is 11.3. The first-order chi connectivity index (χ1) is 8.40. The quantitative estimate of drug-likeness (QED) is 0.648. The summed E-state index contributed by atoms with van der Waals surface area (Å²) in [6.07, 6.45) is 7.04. The van der Waals surface area contributed by atoms with Crippen molar-refractivity contribution in [2.45, 2.75) is 32.4 Å². The highest BCUT2D eigenvalue weighted by molar-refractivity contribution is 5.77. The Morgan fingerprint density at radius 1 is 1.44 bits per heavy atom. The smallest absolute Gasteiger partial charge is 0.325 e. The lowest BCUT2D eigenvalue weighted by Gasteiger charge is -2.25. The second-order valence-electron chi connectivity index (χ2n) is 4.39.